The number of ether oxygens (including phenoxy) is 2. The van der Waals surface area contributed by atoms with Crippen LogP contribution in [-0.2, 0) is 16.6 Å². The lowest BCUT2D eigenvalue weighted by molar-refractivity contribution is -0.125. The number of nitrogens with zero attached hydrogens (tertiary/aromatic N) is 3. The van der Waals surface area contributed by atoms with Crippen LogP contribution in [0.3, 0.4) is 0 Å². The average molecular weight is 406 g/mol. The Bertz CT molecular complexity index is 1060. The van der Waals surface area contributed by atoms with Crippen LogP contribution in [0.5, 0.6) is 11.5 Å². The van der Waals surface area contributed by atoms with E-state index in [0.29, 0.717) is 17.3 Å². The predicted molar refractivity (Wildman–Crippen MR) is 110 cm³/mol. The molecule has 0 fully saturated rings. The highest BCUT2D eigenvalue weighted by Gasteiger charge is 2.28. The van der Waals surface area contributed by atoms with Crippen LogP contribution in [0.2, 0.25) is 0 Å². The molecule has 8 nitrogen and oxygen atoms in total. The van der Waals surface area contributed by atoms with E-state index in [1.165, 1.54) is 4.90 Å². The van der Waals surface area contributed by atoms with Gasteiger partial charge in [0.05, 0.1) is 12.8 Å². The normalized spacial score (nSPS) is 13.9. The number of hydrogen-bond donors (Lipinski definition) is 1. The molecule has 0 aliphatic carbocycles. The van der Waals surface area contributed by atoms with Crippen LogP contribution in [0, 0.1) is 0 Å². The van der Waals surface area contributed by atoms with Crippen molar-refractivity contribution < 1.29 is 19.1 Å². The molecule has 0 unspecified atom stereocenters. The highest BCUT2D eigenvalue weighted by Crippen LogP contribution is 2.31. The van der Waals surface area contributed by atoms with E-state index in [-0.39, 0.29) is 25.0 Å². The van der Waals surface area contributed by atoms with Gasteiger partial charge in [0.15, 0.2) is 6.61 Å². The molecule has 1 atom stereocenters. The van der Waals surface area contributed by atoms with Crippen molar-refractivity contribution in [2.24, 2.45) is 7.05 Å². The van der Waals surface area contributed by atoms with E-state index in [1.807, 2.05) is 48.1 Å². The number of para-hydroxylation sites is 2. The first kappa shape index (κ1) is 19.5. The summed E-state index contributed by atoms with van der Waals surface area (Å²) in [5.41, 5.74) is 1.44. The molecule has 1 aliphatic heterocycles. The molecule has 1 aliphatic rings. The van der Waals surface area contributed by atoms with Crippen LogP contribution in [-0.4, -0.2) is 41.6 Å². The number of fused-ring (bicyclic) bond motifs is 1. The summed E-state index contributed by atoms with van der Waals surface area (Å²) in [4.78, 5) is 31.2. The van der Waals surface area contributed by atoms with Gasteiger partial charge >= 0.3 is 0 Å². The van der Waals surface area contributed by atoms with Crippen LogP contribution in [0.15, 0.2) is 60.9 Å². The lowest BCUT2D eigenvalue weighted by Crippen LogP contribution is -2.46. The minimum atomic E-state index is -0.477. The Hall–Kier alpha value is -3.81. The van der Waals surface area contributed by atoms with Gasteiger partial charge in [0, 0.05) is 19.4 Å². The van der Waals surface area contributed by atoms with E-state index in [4.69, 9.17) is 9.47 Å². The summed E-state index contributed by atoms with van der Waals surface area (Å²) in [6.45, 7) is -0.206. The Labute approximate surface area is 174 Å². The van der Waals surface area contributed by atoms with E-state index in [9.17, 15) is 9.59 Å². The first-order chi connectivity index (χ1) is 14.6. The van der Waals surface area contributed by atoms with E-state index in [0.717, 1.165) is 11.3 Å². The minimum absolute atomic E-state index is 0.0917. The molecule has 4 rings (SSSR count). The van der Waals surface area contributed by atoms with Crippen LogP contribution >= 0.6 is 0 Å². The zero-order valence-electron chi connectivity index (χ0n) is 16.7. The molecule has 2 amide bonds. The molecule has 1 N–H and O–H groups in total. The second-order valence-electron chi connectivity index (χ2n) is 6.91. The van der Waals surface area contributed by atoms with Gasteiger partial charge in [-0.05, 0) is 29.8 Å². The van der Waals surface area contributed by atoms with Gasteiger partial charge in [0.2, 0.25) is 5.91 Å². The second kappa shape index (κ2) is 8.28. The number of aryl methyl sites for hydroxylation is 1. The van der Waals surface area contributed by atoms with Crippen molar-refractivity contribution in [1.82, 2.24) is 14.9 Å². The summed E-state index contributed by atoms with van der Waals surface area (Å²) in [6, 6.07) is 14.1. The fourth-order valence-electron chi connectivity index (χ4n) is 3.43. The number of benzene rings is 2. The summed E-state index contributed by atoms with van der Waals surface area (Å²) in [7, 11) is 3.47. The maximum atomic E-state index is 13.0. The molecule has 0 bridgehead atoms. The van der Waals surface area contributed by atoms with E-state index < -0.39 is 6.04 Å². The summed E-state index contributed by atoms with van der Waals surface area (Å²) in [6.07, 6.45) is 3.50. The molecule has 0 spiro atoms. The van der Waals surface area contributed by atoms with Crippen molar-refractivity contribution >= 4 is 17.5 Å². The molecule has 0 saturated heterocycles. The first-order valence-electron chi connectivity index (χ1n) is 9.49. The van der Waals surface area contributed by atoms with E-state index in [2.05, 4.69) is 10.3 Å². The predicted octanol–water partition coefficient (Wildman–Crippen LogP) is 2.06. The van der Waals surface area contributed by atoms with E-state index in [1.54, 1.807) is 31.5 Å². The number of hydrogen-bond acceptors (Lipinski definition) is 5. The topological polar surface area (TPSA) is 85.7 Å². The lowest BCUT2D eigenvalue weighted by atomic mass is 10.1. The van der Waals surface area contributed by atoms with Gasteiger partial charge in [-0.25, -0.2) is 4.98 Å². The molecule has 30 heavy (non-hydrogen) atoms. The number of anilines is 1. The molecule has 3 aromatic rings. The van der Waals surface area contributed by atoms with Crippen molar-refractivity contribution in [3.63, 3.8) is 0 Å². The van der Waals surface area contributed by atoms with Gasteiger partial charge in [-0.15, -0.1) is 0 Å². The molecule has 8 heteroatoms. The van der Waals surface area contributed by atoms with Gasteiger partial charge in [0.25, 0.3) is 5.91 Å². The number of nitrogens with one attached hydrogen (secondary N) is 1. The molecule has 2 heterocycles. The summed E-state index contributed by atoms with van der Waals surface area (Å²) in [5.74, 6) is 1.42. The van der Waals surface area contributed by atoms with Crippen molar-refractivity contribution in [2.75, 3.05) is 25.2 Å². The second-order valence-corrected chi connectivity index (χ2v) is 6.91. The van der Waals surface area contributed by atoms with Crippen LogP contribution < -0.4 is 19.7 Å². The smallest absolute Gasteiger partial charge is 0.265 e. The third kappa shape index (κ3) is 3.84. The van der Waals surface area contributed by atoms with Gasteiger partial charge in [-0.1, -0.05) is 24.3 Å². The van der Waals surface area contributed by atoms with Crippen molar-refractivity contribution in [1.29, 1.82) is 0 Å². The first-order valence-corrected chi connectivity index (χ1v) is 9.49. The van der Waals surface area contributed by atoms with Gasteiger partial charge in [0.1, 0.15) is 29.9 Å². The highest BCUT2D eigenvalue weighted by atomic mass is 16.5. The monoisotopic (exact) mass is 406 g/mol. The quantitative estimate of drug-likeness (QED) is 0.677. The lowest BCUT2D eigenvalue weighted by Gasteiger charge is -2.29. The summed E-state index contributed by atoms with van der Waals surface area (Å²) >= 11 is 0. The zero-order valence-corrected chi connectivity index (χ0v) is 16.7. The number of methoxy groups -OCH3 is 1. The standard InChI is InChI=1S/C22H22N4O4/c1-25-12-11-23-22(25)21(15-7-9-16(29-2)10-8-15)24-19(27)13-26-17-5-3-4-6-18(17)30-14-20(26)28/h3-12,21H,13-14H2,1-2H3,(H,24,27)/t21-/m0/s1. The number of carbonyl (C=O) groups is 2. The molecule has 2 aromatic carbocycles. The van der Waals surface area contributed by atoms with Gasteiger partial charge in [-0.3, -0.25) is 14.5 Å². The molecule has 154 valence electrons. The van der Waals surface area contributed by atoms with Crippen LogP contribution in [0.1, 0.15) is 17.4 Å². The summed E-state index contributed by atoms with van der Waals surface area (Å²) in [5, 5.41) is 3.01. The molecular weight excluding hydrogens is 384 g/mol. The Kier molecular flexibility index (Phi) is 5.38. The van der Waals surface area contributed by atoms with Gasteiger partial charge < -0.3 is 19.4 Å². The van der Waals surface area contributed by atoms with E-state index >= 15 is 0 Å². The zero-order chi connectivity index (χ0) is 21.1. The number of imidazole rings is 1. The van der Waals surface area contributed by atoms with Crippen LogP contribution in [0.25, 0.3) is 0 Å². The molecular formula is C22H22N4O4. The third-order valence-electron chi connectivity index (χ3n) is 4.98. The Morgan fingerprint density at radius 3 is 2.70 bits per heavy atom. The van der Waals surface area contributed by atoms with Crippen molar-refractivity contribution in [3.05, 3.63) is 72.3 Å². The SMILES string of the molecule is COc1ccc([C@H](NC(=O)CN2C(=O)COc3ccccc32)c2nccn2C)cc1. The maximum Gasteiger partial charge on any atom is 0.265 e. The Morgan fingerprint density at radius 2 is 2.00 bits per heavy atom. The van der Waals surface area contributed by atoms with Crippen molar-refractivity contribution in [2.45, 2.75) is 6.04 Å². The Morgan fingerprint density at radius 1 is 1.23 bits per heavy atom. The van der Waals surface area contributed by atoms with Crippen LogP contribution in [0.4, 0.5) is 5.69 Å². The third-order valence-corrected chi connectivity index (χ3v) is 4.98. The Balaban J connectivity index is 1.58. The largest absolute Gasteiger partial charge is 0.497 e. The molecule has 0 radical (unpaired) electrons. The molecule has 1 aromatic heterocycles. The van der Waals surface area contributed by atoms with Gasteiger partial charge in [-0.2, -0.15) is 0 Å². The number of carbonyl (C=O) groups excluding carboxylic acids is 2. The molecule has 0 saturated carbocycles. The maximum absolute atomic E-state index is 13.0. The number of aromatic nitrogens is 2. The fourth-order valence-corrected chi connectivity index (χ4v) is 3.43. The van der Waals surface area contributed by atoms with Crippen molar-refractivity contribution in [3.8, 4) is 11.5 Å². The summed E-state index contributed by atoms with van der Waals surface area (Å²) < 4.78 is 12.5. The number of rotatable bonds is 6. The number of amides is 2. The minimum Gasteiger partial charge on any atom is -0.497 e. The highest BCUT2D eigenvalue weighted by molar-refractivity contribution is 6.02. The fraction of sp³-hybridized carbons (Fsp3) is 0.227. The average Bonchev–Trinajstić information content (AvgIpc) is 3.20.